The van der Waals surface area contributed by atoms with Gasteiger partial charge >= 0.3 is 0 Å². The van der Waals surface area contributed by atoms with Crippen LogP contribution in [0.3, 0.4) is 0 Å². The molecule has 0 radical (unpaired) electrons. The molecule has 0 aliphatic rings. The summed E-state index contributed by atoms with van der Waals surface area (Å²) < 4.78 is 0. The molecule has 0 aromatic heterocycles. The quantitative estimate of drug-likeness (QED) is 0.796. The number of nitrogens with zero attached hydrogens (tertiary/aromatic N) is 1. The number of carbonyl (C=O) groups is 1. The van der Waals surface area contributed by atoms with Gasteiger partial charge in [-0.25, -0.2) is 0 Å². The Labute approximate surface area is 104 Å². The van der Waals surface area contributed by atoms with Gasteiger partial charge in [0.1, 0.15) is 0 Å². The van der Waals surface area contributed by atoms with E-state index < -0.39 is 0 Å². The normalized spacial score (nSPS) is 12.2. The molecule has 0 bridgehead atoms. The summed E-state index contributed by atoms with van der Waals surface area (Å²) in [6, 6.07) is 7.51. The molecule has 0 saturated carbocycles. The predicted molar refractivity (Wildman–Crippen MR) is 73.0 cm³/mol. The summed E-state index contributed by atoms with van der Waals surface area (Å²) in [5, 5.41) is 0. The van der Waals surface area contributed by atoms with Crippen molar-refractivity contribution in [1.29, 1.82) is 0 Å². The maximum atomic E-state index is 12.3. The minimum Gasteiger partial charge on any atom is -0.399 e. The van der Waals surface area contributed by atoms with E-state index in [1.165, 1.54) is 0 Å². The third-order valence-corrected chi connectivity index (χ3v) is 2.93. The number of hydrogen-bond donors (Lipinski definition) is 1. The average molecular weight is 234 g/mol. The van der Waals surface area contributed by atoms with E-state index in [4.69, 9.17) is 5.73 Å². The number of nitrogens with two attached hydrogens (primary N) is 1. The van der Waals surface area contributed by atoms with Crippen molar-refractivity contribution in [3.63, 3.8) is 0 Å². The number of carbonyl (C=O) groups excluding carboxylic acids is 1. The monoisotopic (exact) mass is 234 g/mol. The first-order valence-corrected chi connectivity index (χ1v) is 6.27. The van der Waals surface area contributed by atoms with Gasteiger partial charge in [0.25, 0.3) is 0 Å². The van der Waals surface area contributed by atoms with Gasteiger partial charge in [-0.1, -0.05) is 26.8 Å². The van der Waals surface area contributed by atoms with Crippen LogP contribution in [0.15, 0.2) is 24.3 Å². The summed E-state index contributed by atoms with van der Waals surface area (Å²) in [6.45, 7) is 6.82. The van der Waals surface area contributed by atoms with Gasteiger partial charge in [-0.2, -0.15) is 0 Å². The van der Waals surface area contributed by atoms with Crippen molar-refractivity contribution in [2.75, 3.05) is 17.2 Å². The second-order valence-corrected chi connectivity index (χ2v) is 4.39. The van der Waals surface area contributed by atoms with E-state index in [1.807, 2.05) is 43.0 Å². The molecule has 0 fully saturated rings. The van der Waals surface area contributed by atoms with Crippen molar-refractivity contribution >= 4 is 17.3 Å². The highest BCUT2D eigenvalue weighted by Crippen LogP contribution is 2.20. The zero-order valence-electron chi connectivity index (χ0n) is 10.9. The number of nitrogen functional groups attached to an aromatic ring is 1. The fourth-order valence-electron chi connectivity index (χ4n) is 1.72. The van der Waals surface area contributed by atoms with E-state index in [2.05, 4.69) is 6.92 Å². The van der Waals surface area contributed by atoms with Crippen LogP contribution < -0.4 is 10.6 Å². The lowest BCUT2D eigenvalue weighted by molar-refractivity contribution is -0.122. The first-order chi connectivity index (χ1) is 8.10. The van der Waals surface area contributed by atoms with E-state index in [1.54, 1.807) is 0 Å². The summed E-state index contributed by atoms with van der Waals surface area (Å²) in [5.74, 6) is 0.239. The molecule has 1 rings (SSSR count). The molecule has 1 aromatic carbocycles. The molecule has 1 amide bonds. The van der Waals surface area contributed by atoms with Crippen LogP contribution in [0, 0.1) is 5.92 Å². The second kappa shape index (κ2) is 6.28. The predicted octanol–water partition coefficient (Wildman–Crippen LogP) is 3.06. The lowest BCUT2D eigenvalue weighted by Crippen LogP contribution is -2.35. The zero-order valence-corrected chi connectivity index (χ0v) is 10.9. The molecule has 1 atom stereocenters. The van der Waals surface area contributed by atoms with Crippen LogP contribution in [-0.4, -0.2) is 12.5 Å². The van der Waals surface area contributed by atoms with Gasteiger partial charge in [-0.05, 0) is 31.0 Å². The maximum Gasteiger partial charge on any atom is 0.229 e. The molecule has 0 aliphatic heterocycles. The maximum absolute atomic E-state index is 12.3. The molecule has 2 N–H and O–H groups in total. The lowest BCUT2D eigenvalue weighted by atomic mass is 10.1. The minimum atomic E-state index is 0.0583. The Hall–Kier alpha value is -1.51. The summed E-state index contributed by atoms with van der Waals surface area (Å²) in [6.07, 6.45) is 1.80. The summed E-state index contributed by atoms with van der Waals surface area (Å²) in [7, 11) is 0. The number of hydrogen-bond acceptors (Lipinski definition) is 2. The third kappa shape index (κ3) is 3.48. The number of benzene rings is 1. The van der Waals surface area contributed by atoms with Crippen molar-refractivity contribution in [2.24, 2.45) is 5.92 Å². The highest BCUT2D eigenvalue weighted by Gasteiger charge is 2.19. The van der Waals surface area contributed by atoms with Gasteiger partial charge < -0.3 is 10.6 Å². The van der Waals surface area contributed by atoms with Gasteiger partial charge in [0.05, 0.1) is 0 Å². The number of rotatable bonds is 5. The van der Waals surface area contributed by atoms with Gasteiger partial charge in [0, 0.05) is 23.8 Å². The molecular weight excluding hydrogens is 212 g/mol. The molecular formula is C14H22N2O. The summed E-state index contributed by atoms with van der Waals surface area (Å²) in [4.78, 5) is 14.1. The topological polar surface area (TPSA) is 46.3 Å². The fraction of sp³-hybridized carbons (Fsp3) is 0.500. The van der Waals surface area contributed by atoms with Crippen molar-refractivity contribution in [3.8, 4) is 0 Å². The van der Waals surface area contributed by atoms with Crippen LogP contribution in [0.4, 0.5) is 11.4 Å². The number of amides is 1. The minimum absolute atomic E-state index is 0.0583. The molecule has 0 spiro atoms. The third-order valence-electron chi connectivity index (χ3n) is 2.93. The molecule has 3 nitrogen and oxygen atoms in total. The van der Waals surface area contributed by atoms with E-state index in [-0.39, 0.29) is 11.8 Å². The molecule has 3 heteroatoms. The van der Waals surface area contributed by atoms with Crippen LogP contribution in [0.1, 0.15) is 33.6 Å². The van der Waals surface area contributed by atoms with Gasteiger partial charge in [0.15, 0.2) is 0 Å². The van der Waals surface area contributed by atoms with Gasteiger partial charge in [0.2, 0.25) is 5.91 Å². The first-order valence-electron chi connectivity index (χ1n) is 6.27. The van der Waals surface area contributed by atoms with Crippen LogP contribution in [0.5, 0.6) is 0 Å². The fourth-order valence-corrected chi connectivity index (χ4v) is 1.72. The summed E-state index contributed by atoms with van der Waals surface area (Å²) >= 11 is 0. The van der Waals surface area contributed by atoms with E-state index in [9.17, 15) is 4.79 Å². The van der Waals surface area contributed by atoms with Crippen LogP contribution >= 0.6 is 0 Å². The second-order valence-electron chi connectivity index (χ2n) is 4.39. The van der Waals surface area contributed by atoms with Crippen LogP contribution in [-0.2, 0) is 4.79 Å². The smallest absolute Gasteiger partial charge is 0.229 e. The molecule has 0 saturated heterocycles. The van der Waals surface area contributed by atoms with E-state index >= 15 is 0 Å². The van der Waals surface area contributed by atoms with Crippen molar-refractivity contribution < 1.29 is 4.79 Å². The Kier molecular flexibility index (Phi) is 5.01. The molecule has 94 valence electrons. The molecule has 17 heavy (non-hydrogen) atoms. The molecule has 0 heterocycles. The highest BCUT2D eigenvalue weighted by atomic mass is 16.2. The standard InChI is InChI=1S/C14H22N2O/c1-4-9-16(14(17)11(3)5-2)13-8-6-7-12(15)10-13/h6-8,10-11H,4-5,9,15H2,1-3H3. The number of anilines is 2. The molecule has 0 aliphatic carbocycles. The SMILES string of the molecule is CCCN(C(=O)C(C)CC)c1cccc(N)c1. The molecule has 1 unspecified atom stereocenters. The van der Waals surface area contributed by atoms with Crippen molar-refractivity contribution in [2.45, 2.75) is 33.6 Å². The Morgan fingerprint density at radius 2 is 2.12 bits per heavy atom. The lowest BCUT2D eigenvalue weighted by Gasteiger charge is -2.25. The van der Waals surface area contributed by atoms with Gasteiger partial charge in [-0.15, -0.1) is 0 Å². The highest BCUT2D eigenvalue weighted by molar-refractivity contribution is 5.95. The van der Waals surface area contributed by atoms with Crippen LogP contribution in [0.25, 0.3) is 0 Å². The van der Waals surface area contributed by atoms with E-state index in [0.717, 1.165) is 25.1 Å². The molecule has 1 aromatic rings. The Morgan fingerprint density at radius 3 is 2.65 bits per heavy atom. The van der Waals surface area contributed by atoms with Gasteiger partial charge in [-0.3, -0.25) is 4.79 Å². The first kappa shape index (κ1) is 13.6. The average Bonchev–Trinajstić information content (AvgIpc) is 2.34. The zero-order chi connectivity index (χ0) is 12.8. The van der Waals surface area contributed by atoms with E-state index in [0.29, 0.717) is 5.69 Å². The Morgan fingerprint density at radius 1 is 1.41 bits per heavy atom. The Bertz CT molecular complexity index is 376. The Balaban J connectivity index is 2.96. The van der Waals surface area contributed by atoms with Crippen molar-refractivity contribution in [1.82, 2.24) is 0 Å². The largest absolute Gasteiger partial charge is 0.399 e. The summed E-state index contributed by atoms with van der Waals surface area (Å²) in [5.41, 5.74) is 7.36. The van der Waals surface area contributed by atoms with Crippen molar-refractivity contribution in [3.05, 3.63) is 24.3 Å². The van der Waals surface area contributed by atoms with Crippen LogP contribution in [0.2, 0.25) is 0 Å².